The van der Waals surface area contributed by atoms with Crippen molar-refractivity contribution in [2.45, 2.75) is 47.0 Å². The molecule has 1 aromatic heterocycles. The maximum atomic E-state index is 12.9. The molecule has 0 bridgehead atoms. The maximum absolute atomic E-state index is 12.9. The van der Waals surface area contributed by atoms with Crippen molar-refractivity contribution in [3.63, 3.8) is 0 Å². The van der Waals surface area contributed by atoms with Gasteiger partial charge in [0, 0.05) is 55.0 Å². The van der Waals surface area contributed by atoms with Crippen LogP contribution in [0.4, 0.5) is 22.0 Å². The van der Waals surface area contributed by atoms with Crippen molar-refractivity contribution in [3.8, 4) is 5.69 Å². The molecule has 3 amide bonds. The van der Waals surface area contributed by atoms with Gasteiger partial charge in [-0.05, 0) is 43.3 Å². The van der Waals surface area contributed by atoms with Gasteiger partial charge >= 0.3 is 6.03 Å². The molecule has 0 atom stereocenters. The van der Waals surface area contributed by atoms with Gasteiger partial charge in [0.25, 0.3) is 10.1 Å². The van der Waals surface area contributed by atoms with Gasteiger partial charge in [0.15, 0.2) is 0 Å². The molecule has 0 spiro atoms. The summed E-state index contributed by atoms with van der Waals surface area (Å²) >= 11 is 0. The third kappa shape index (κ3) is 9.59. The standard InChI is InChI=1S/C29H38N6O2.CH4O3S/c1-20(2)27(36)34-17-15-33(16-18-34)23-13-9-22(10-14-23)30-28(37)31-26-19-25(29(4,5)6)32-35(26)24-11-7-21(3)8-12-24;1-5(2,3)4/h7-14,19-20H,15-18H2,1-6H3,(H2,30,31,37);1H3,(H,2,3,4). The average Bonchev–Trinajstić information content (AvgIpc) is 3.32. The number of aromatic nitrogens is 2. The Kier molecular flexibility index (Phi) is 10.4. The van der Waals surface area contributed by atoms with Crippen LogP contribution in [0, 0.1) is 12.8 Å². The van der Waals surface area contributed by atoms with E-state index in [1.807, 2.05) is 80.3 Å². The molecule has 0 radical (unpaired) electrons. The van der Waals surface area contributed by atoms with E-state index in [1.165, 1.54) is 0 Å². The first-order valence-electron chi connectivity index (χ1n) is 13.8. The molecule has 0 saturated carbocycles. The van der Waals surface area contributed by atoms with Gasteiger partial charge in [-0.15, -0.1) is 0 Å². The SMILES string of the molecule is CS(=O)(=O)O.Cc1ccc(-n2nc(C(C)(C)C)cc2NC(=O)Nc2ccc(N3CCN(C(=O)C(C)C)CC3)cc2)cc1. The molecule has 0 aliphatic carbocycles. The van der Waals surface area contributed by atoms with Crippen molar-refractivity contribution in [1.82, 2.24) is 14.7 Å². The highest BCUT2D eigenvalue weighted by Gasteiger charge is 2.24. The largest absolute Gasteiger partial charge is 0.368 e. The van der Waals surface area contributed by atoms with E-state index < -0.39 is 10.1 Å². The zero-order valence-electron chi connectivity index (χ0n) is 25.4. The lowest BCUT2D eigenvalue weighted by Crippen LogP contribution is -2.49. The molecule has 4 rings (SSSR count). The van der Waals surface area contributed by atoms with Crippen molar-refractivity contribution in [2.24, 2.45) is 5.92 Å². The van der Waals surface area contributed by atoms with Crippen LogP contribution in [0.1, 0.15) is 45.9 Å². The van der Waals surface area contributed by atoms with E-state index in [4.69, 9.17) is 9.65 Å². The van der Waals surface area contributed by atoms with E-state index >= 15 is 0 Å². The Morgan fingerprint density at radius 2 is 1.43 bits per heavy atom. The molecular weight excluding hydrogens is 556 g/mol. The van der Waals surface area contributed by atoms with E-state index in [-0.39, 0.29) is 23.3 Å². The number of nitrogens with one attached hydrogen (secondary N) is 2. The summed E-state index contributed by atoms with van der Waals surface area (Å²) in [5, 5.41) is 10.7. The van der Waals surface area contributed by atoms with Gasteiger partial charge in [0.2, 0.25) is 5.91 Å². The van der Waals surface area contributed by atoms with Gasteiger partial charge in [-0.3, -0.25) is 14.7 Å². The number of aryl methyl sites for hydroxylation is 1. The molecule has 12 heteroatoms. The van der Waals surface area contributed by atoms with E-state index in [0.717, 1.165) is 48.8 Å². The summed E-state index contributed by atoms with van der Waals surface area (Å²) < 4.78 is 27.6. The summed E-state index contributed by atoms with van der Waals surface area (Å²) in [4.78, 5) is 29.4. The monoisotopic (exact) mass is 598 g/mol. The lowest BCUT2D eigenvalue weighted by atomic mass is 9.92. The highest BCUT2D eigenvalue weighted by atomic mass is 32.2. The molecule has 11 nitrogen and oxygen atoms in total. The summed E-state index contributed by atoms with van der Waals surface area (Å²) in [6, 6.07) is 17.4. The van der Waals surface area contributed by atoms with Crippen LogP contribution < -0.4 is 15.5 Å². The van der Waals surface area contributed by atoms with Crippen molar-refractivity contribution >= 4 is 39.2 Å². The smallest absolute Gasteiger partial charge is 0.324 e. The quantitative estimate of drug-likeness (QED) is 0.354. The summed E-state index contributed by atoms with van der Waals surface area (Å²) in [6.07, 6.45) is 0.715. The maximum Gasteiger partial charge on any atom is 0.324 e. The topological polar surface area (TPSA) is 137 Å². The third-order valence-corrected chi connectivity index (χ3v) is 6.57. The van der Waals surface area contributed by atoms with Gasteiger partial charge in [0.1, 0.15) is 5.82 Å². The van der Waals surface area contributed by atoms with Crippen molar-refractivity contribution in [3.05, 3.63) is 65.9 Å². The fourth-order valence-corrected chi connectivity index (χ4v) is 4.30. The zero-order chi connectivity index (χ0) is 31.2. The van der Waals surface area contributed by atoms with E-state index in [9.17, 15) is 18.0 Å². The summed E-state index contributed by atoms with van der Waals surface area (Å²) in [5.41, 5.74) is 4.56. The lowest BCUT2D eigenvalue weighted by Gasteiger charge is -2.37. The second-order valence-corrected chi connectivity index (χ2v) is 13.2. The average molecular weight is 599 g/mol. The number of hydrogen-bond acceptors (Lipinski definition) is 6. The van der Waals surface area contributed by atoms with Crippen LogP contribution >= 0.6 is 0 Å². The Balaban J connectivity index is 0.000000892. The Morgan fingerprint density at radius 3 is 1.93 bits per heavy atom. The third-order valence-electron chi connectivity index (χ3n) is 6.57. The summed E-state index contributed by atoms with van der Waals surface area (Å²) in [7, 11) is -3.67. The molecule has 1 aliphatic heterocycles. The van der Waals surface area contributed by atoms with Crippen molar-refractivity contribution in [2.75, 3.05) is 48.0 Å². The van der Waals surface area contributed by atoms with Gasteiger partial charge in [-0.2, -0.15) is 13.5 Å². The summed E-state index contributed by atoms with van der Waals surface area (Å²) in [5.74, 6) is 0.846. The molecule has 3 aromatic rings. The number of anilines is 3. The number of carbonyl (C=O) groups is 2. The van der Waals surface area contributed by atoms with Crippen LogP contribution in [0.5, 0.6) is 0 Å². The van der Waals surface area contributed by atoms with Crippen LogP contribution in [0.15, 0.2) is 54.6 Å². The fourth-order valence-electron chi connectivity index (χ4n) is 4.30. The highest BCUT2D eigenvalue weighted by molar-refractivity contribution is 7.85. The number of piperazine rings is 1. The number of urea groups is 1. The van der Waals surface area contributed by atoms with Crippen LogP contribution in [-0.4, -0.2) is 72.0 Å². The van der Waals surface area contributed by atoms with Crippen LogP contribution in [-0.2, 0) is 20.3 Å². The van der Waals surface area contributed by atoms with E-state index in [1.54, 1.807) is 4.68 Å². The van der Waals surface area contributed by atoms with Crippen LogP contribution in [0.25, 0.3) is 5.69 Å². The first kappa shape index (κ1) is 32.6. The van der Waals surface area contributed by atoms with E-state index in [2.05, 4.69) is 36.3 Å². The molecule has 1 aliphatic rings. The molecule has 0 unspecified atom stereocenters. The number of amides is 3. The molecule has 228 valence electrons. The van der Waals surface area contributed by atoms with Crippen molar-refractivity contribution in [1.29, 1.82) is 0 Å². The lowest BCUT2D eigenvalue weighted by molar-refractivity contribution is -0.134. The molecule has 2 aromatic carbocycles. The molecule has 2 heterocycles. The van der Waals surface area contributed by atoms with Crippen molar-refractivity contribution < 1.29 is 22.6 Å². The predicted molar refractivity (Wildman–Crippen MR) is 167 cm³/mol. The number of rotatable bonds is 5. The minimum Gasteiger partial charge on any atom is -0.368 e. The minimum atomic E-state index is -3.67. The second kappa shape index (κ2) is 13.4. The Hall–Kier alpha value is -3.90. The van der Waals surface area contributed by atoms with Crippen LogP contribution in [0.3, 0.4) is 0 Å². The Morgan fingerprint density at radius 1 is 0.905 bits per heavy atom. The first-order chi connectivity index (χ1) is 19.5. The van der Waals surface area contributed by atoms with Gasteiger partial charge < -0.3 is 15.1 Å². The molecule has 3 N–H and O–H groups in total. The van der Waals surface area contributed by atoms with Gasteiger partial charge in [0.05, 0.1) is 17.6 Å². The van der Waals surface area contributed by atoms with E-state index in [0.29, 0.717) is 17.8 Å². The number of nitrogens with zero attached hydrogens (tertiary/aromatic N) is 4. The molecular formula is C30H42N6O5S. The molecule has 42 heavy (non-hydrogen) atoms. The predicted octanol–water partition coefficient (Wildman–Crippen LogP) is 4.93. The normalized spacial score (nSPS) is 13.8. The number of carbonyl (C=O) groups excluding carboxylic acids is 2. The van der Waals surface area contributed by atoms with Crippen LogP contribution in [0.2, 0.25) is 0 Å². The summed E-state index contributed by atoms with van der Waals surface area (Å²) in [6.45, 7) is 15.3. The molecule has 1 fully saturated rings. The Labute approximate surface area is 248 Å². The van der Waals surface area contributed by atoms with Gasteiger partial charge in [-0.25, -0.2) is 9.48 Å². The second-order valence-electron chi connectivity index (χ2n) is 11.7. The number of benzene rings is 2. The zero-order valence-corrected chi connectivity index (χ0v) is 26.2. The molecule has 1 saturated heterocycles. The Bertz CT molecular complexity index is 1460. The minimum absolute atomic E-state index is 0.0265. The fraction of sp³-hybridized carbons (Fsp3) is 0.433. The highest BCUT2D eigenvalue weighted by Crippen LogP contribution is 2.27. The number of hydrogen-bond donors (Lipinski definition) is 3. The first-order valence-corrected chi connectivity index (χ1v) is 15.7. The van der Waals surface area contributed by atoms with Gasteiger partial charge in [-0.1, -0.05) is 52.3 Å².